The van der Waals surface area contributed by atoms with E-state index in [2.05, 4.69) is 52.0 Å². The molecule has 0 aliphatic carbocycles. The Bertz CT molecular complexity index is 684. The Labute approximate surface area is 156 Å². The van der Waals surface area contributed by atoms with E-state index in [0.29, 0.717) is 11.7 Å². The largest absolute Gasteiger partial charge is 0.316 e. The normalized spacial score (nSPS) is 19.8. The van der Waals surface area contributed by atoms with Crippen LogP contribution in [-0.4, -0.2) is 29.2 Å². The summed E-state index contributed by atoms with van der Waals surface area (Å²) in [6.45, 7) is 5.66. The van der Waals surface area contributed by atoms with Gasteiger partial charge in [-0.15, -0.1) is 22.6 Å². The number of nitrogens with one attached hydrogen (secondary N) is 2. The molecule has 2 heterocycles. The number of hydrogen-bond acceptors (Lipinski definition) is 6. The minimum Gasteiger partial charge on any atom is -0.316 e. The van der Waals surface area contributed by atoms with Gasteiger partial charge in [0.2, 0.25) is 11.0 Å². The molecule has 1 aliphatic rings. The van der Waals surface area contributed by atoms with E-state index in [9.17, 15) is 4.79 Å². The third kappa shape index (κ3) is 4.69. The number of aryl methyl sites for hydroxylation is 1. The summed E-state index contributed by atoms with van der Waals surface area (Å²) in [4.78, 5) is 12.3. The van der Waals surface area contributed by atoms with E-state index < -0.39 is 0 Å². The van der Waals surface area contributed by atoms with Crippen LogP contribution in [0.2, 0.25) is 0 Å². The fraction of sp³-hybridized carbons (Fsp3) is 0.438. The summed E-state index contributed by atoms with van der Waals surface area (Å²) in [7, 11) is 0. The molecule has 5 nitrogen and oxygen atoms in total. The number of carbonyl (C=O) groups is 1. The molecule has 1 saturated heterocycles. The summed E-state index contributed by atoms with van der Waals surface area (Å²) in [5.74, 6) is 0.874. The van der Waals surface area contributed by atoms with Gasteiger partial charge < -0.3 is 5.32 Å². The lowest BCUT2D eigenvalue weighted by atomic mass is 9.89. The molecule has 1 aromatic carbocycles. The van der Waals surface area contributed by atoms with Crippen LogP contribution >= 0.6 is 35.5 Å². The van der Waals surface area contributed by atoms with Crippen molar-refractivity contribution in [3.8, 4) is 0 Å². The number of aromatic nitrogens is 2. The second-order valence-electron chi connectivity index (χ2n) is 6.09. The lowest BCUT2D eigenvalue weighted by molar-refractivity contribution is -0.123. The number of benzene rings is 1. The first-order chi connectivity index (χ1) is 11.0. The van der Waals surface area contributed by atoms with Crippen molar-refractivity contribution in [2.24, 2.45) is 5.41 Å². The molecular formula is C16H21ClN4OS2. The maximum absolute atomic E-state index is 12.3. The number of hydrogen-bond donors (Lipinski definition) is 2. The molecule has 0 radical (unpaired) electrons. The third-order valence-corrected chi connectivity index (χ3v) is 6.07. The van der Waals surface area contributed by atoms with Crippen molar-refractivity contribution in [2.75, 3.05) is 18.4 Å². The molecule has 1 fully saturated rings. The number of halogens is 1. The minimum absolute atomic E-state index is 0. The number of carbonyl (C=O) groups excluding carboxylic acids is 1. The Morgan fingerprint density at radius 2 is 2.12 bits per heavy atom. The van der Waals surface area contributed by atoms with Crippen molar-refractivity contribution in [3.63, 3.8) is 0 Å². The SMILES string of the molecule is Cc1ccc(CSc2nnc(NC(=O)C3(C)CCNC3)s2)cc1.Cl. The van der Waals surface area contributed by atoms with E-state index in [1.54, 1.807) is 11.8 Å². The molecule has 1 atom stereocenters. The number of rotatable bonds is 5. The van der Waals surface area contributed by atoms with Crippen molar-refractivity contribution in [2.45, 2.75) is 30.4 Å². The van der Waals surface area contributed by atoms with Gasteiger partial charge in [0.25, 0.3) is 0 Å². The quantitative estimate of drug-likeness (QED) is 0.610. The summed E-state index contributed by atoms with van der Waals surface area (Å²) >= 11 is 3.07. The van der Waals surface area contributed by atoms with E-state index in [1.807, 2.05) is 6.92 Å². The van der Waals surface area contributed by atoms with Gasteiger partial charge in [-0.1, -0.05) is 52.9 Å². The number of amides is 1. The Kier molecular flexibility index (Phi) is 6.62. The van der Waals surface area contributed by atoms with Gasteiger partial charge in [-0.3, -0.25) is 10.1 Å². The lowest BCUT2D eigenvalue weighted by Gasteiger charge is -2.20. The molecule has 0 spiro atoms. The topological polar surface area (TPSA) is 66.9 Å². The van der Waals surface area contributed by atoms with Crippen LogP contribution in [0.1, 0.15) is 24.5 Å². The first kappa shape index (κ1) is 19.2. The van der Waals surface area contributed by atoms with Crippen LogP contribution in [0.25, 0.3) is 0 Å². The first-order valence-electron chi connectivity index (χ1n) is 7.59. The smallest absolute Gasteiger partial charge is 0.233 e. The zero-order valence-corrected chi connectivity index (χ0v) is 16.1. The van der Waals surface area contributed by atoms with Crippen molar-refractivity contribution < 1.29 is 4.79 Å². The number of anilines is 1. The monoisotopic (exact) mass is 384 g/mol. The highest BCUT2D eigenvalue weighted by Gasteiger charge is 2.36. The molecule has 1 unspecified atom stereocenters. The molecule has 130 valence electrons. The summed E-state index contributed by atoms with van der Waals surface area (Å²) < 4.78 is 0.871. The van der Waals surface area contributed by atoms with E-state index in [1.165, 1.54) is 22.5 Å². The lowest BCUT2D eigenvalue weighted by Crippen LogP contribution is -2.35. The molecule has 24 heavy (non-hydrogen) atoms. The fourth-order valence-electron chi connectivity index (χ4n) is 2.41. The number of nitrogens with zero attached hydrogens (tertiary/aromatic N) is 2. The predicted octanol–water partition coefficient (Wildman–Crippen LogP) is 3.50. The molecule has 3 rings (SSSR count). The van der Waals surface area contributed by atoms with Gasteiger partial charge in [0, 0.05) is 12.3 Å². The van der Waals surface area contributed by atoms with E-state index in [4.69, 9.17) is 0 Å². The van der Waals surface area contributed by atoms with Gasteiger partial charge in [-0.05, 0) is 32.4 Å². The minimum atomic E-state index is -0.346. The van der Waals surface area contributed by atoms with Gasteiger partial charge in [0.1, 0.15) is 0 Å². The zero-order chi connectivity index (χ0) is 16.3. The summed E-state index contributed by atoms with van der Waals surface area (Å²) in [5, 5.41) is 14.9. The molecule has 2 N–H and O–H groups in total. The van der Waals surface area contributed by atoms with E-state index in [-0.39, 0.29) is 23.7 Å². The van der Waals surface area contributed by atoms with Gasteiger partial charge in [-0.25, -0.2) is 0 Å². The Balaban J connectivity index is 0.00000208. The van der Waals surface area contributed by atoms with Crippen molar-refractivity contribution in [3.05, 3.63) is 35.4 Å². The van der Waals surface area contributed by atoms with Gasteiger partial charge >= 0.3 is 0 Å². The van der Waals surface area contributed by atoms with Crippen LogP contribution in [0.15, 0.2) is 28.6 Å². The van der Waals surface area contributed by atoms with Crippen LogP contribution in [0.4, 0.5) is 5.13 Å². The van der Waals surface area contributed by atoms with Gasteiger partial charge in [0.15, 0.2) is 4.34 Å². The highest BCUT2D eigenvalue weighted by molar-refractivity contribution is 8.00. The van der Waals surface area contributed by atoms with Gasteiger partial charge in [-0.2, -0.15) is 0 Å². The molecule has 2 aromatic rings. The first-order valence-corrected chi connectivity index (χ1v) is 9.39. The van der Waals surface area contributed by atoms with Crippen molar-refractivity contribution >= 4 is 46.5 Å². The van der Waals surface area contributed by atoms with Crippen LogP contribution < -0.4 is 10.6 Å². The van der Waals surface area contributed by atoms with Crippen LogP contribution in [-0.2, 0) is 10.5 Å². The Hall–Kier alpha value is -1.15. The summed E-state index contributed by atoms with van der Waals surface area (Å²) in [6.07, 6.45) is 0.854. The number of thioether (sulfide) groups is 1. The van der Waals surface area contributed by atoms with Crippen molar-refractivity contribution in [1.82, 2.24) is 15.5 Å². The average Bonchev–Trinajstić information content (AvgIpc) is 3.17. The molecular weight excluding hydrogens is 364 g/mol. The molecule has 1 amide bonds. The van der Waals surface area contributed by atoms with Crippen molar-refractivity contribution in [1.29, 1.82) is 0 Å². The Morgan fingerprint density at radius 3 is 2.79 bits per heavy atom. The zero-order valence-electron chi connectivity index (χ0n) is 13.7. The third-order valence-electron chi connectivity index (χ3n) is 4.03. The maximum atomic E-state index is 12.3. The second kappa shape index (κ2) is 8.29. The molecule has 8 heteroatoms. The van der Waals surface area contributed by atoms with E-state index >= 15 is 0 Å². The maximum Gasteiger partial charge on any atom is 0.233 e. The molecule has 1 aliphatic heterocycles. The summed E-state index contributed by atoms with van der Waals surface area (Å²) in [5.41, 5.74) is 2.17. The van der Waals surface area contributed by atoms with E-state index in [0.717, 1.165) is 23.1 Å². The molecule has 0 bridgehead atoms. The highest BCUT2D eigenvalue weighted by Crippen LogP contribution is 2.31. The van der Waals surface area contributed by atoms with Crippen LogP contribution in [0, 0.1) is 12.3 Å². The van der Waals surface area contributed by atoms with Gasteiger partial charge in [0.05, 0.1) is 5.41 Å². The predicted molar refractivity (Wildman–Crippen MR) is 102 cm³/mol. The average molecular weight is 385 g/mol. The van der Waals surface area contributed by atoms with Crippen LogP contribution in [0.5, 0.6) is 0 Å². The second-order valence-corrected chi connectivity index (χ2v) is 8.29. The fourth-order valence-corrected chi connectivity index (χ4v) is 4.11. The molecule has 1 aromatic heterocycles. The highest BCUT2D eigenvalue weighted by atomic mass is 35.5. The molecule has 0 saturated carbocycles. The standard InChI is InChI=1S/C16H20N4OS2.ClH/c1-11-3-5-12(6-4-11)9-22-15-20-19-14(23-15)18-13(21)16(2)7-8-17-10-16;/h3-6,17H,7-10H2,1-2H3,(H,18,19,21);1H. The summed E-state index contributed by atoms with van der Waals surface area (Å²) in [6, 6.07) is 8.47. The Morgan fingerprint density at radius 1 is 1.38 bits per heavy atom. The van der Waals surface area contributed by atoms with Crippen LogP contribution in [0.3, 0.4) is 0 Å².